The third-order valence-electron chi connectivity index (χ3n) is 3.54. The number of nitrogens with two attached hydrogens (primary N) is 1. The predicted molar refractivity (Wildman–Crippen MR) is 80.4 cm³/mol. The molecule has 0 bridgehead atoms. The number of ether oxygens (including phenoxy) is 1. The van der Waals surface area contributed by atoms with Crippen molar-refractivity contribution in [2.75, 3.05) is 6.61 Å². The first-order valence-corrected chi connectivity index (χ1v) is 7.40. The maximum absolute atomic E-state index is 13.5. The monoisotopic (exact) mass is 335 g/mol. The molecular formula is C16H15BrFNO. The molecule has 1 aliphatic heterocycles. The van der Waals surface area contributed by atoms with Gasteiger partial charge < -0.3 is 10.5 Å². The molecule has 2 nitrogen and oxygen atoms in total. The van der Waals surface area contributed by atoms with Gasteiger partial charge in [0.05, 0.1) is 12.6 Å². The Kier molecular flexibility index (Phi) is 3.76. The molecule has 20 heavy (non-hydrogen) atoms. The van der Waals surface area contributed by atoms with Crippen molar-refractivity contribution in [1.29, 1.82) is 0 Å². The van der Waals surface area contributed by atoms with Crippen molar-refractivity contribution in [3.8, 4) is 5.75 Å². The van der Waals surface area contributed by atoms with Crippen LogP contribution in [0.2, 0.25) is 0 Å². The van der Waals surface area contributed by atoms with E-state index in [1.54, 1.807) is 0 Å². The minimum atomic E-state index is -0.339. The van der Waals surface area contributed by atoms with Gasteiger partial charge in [0.1, 0.15) is 11.6 Å². The van der Waals surface area contributed by atoms with E-state index < -0.39 is 0 Å². The fraction of sp³-hybridized carbons (Fsp3) is 0.250. The van der Waals surface area contributed by atoms with Crippen molar-refractivity contribution in [3.63, 3.8) is 0 Å². The lowest BCUT2D eigenvalue weighted by Crippen LogP contribution is -2.14. The Morgan fingerprint density at radius 2 is 2.00 bits per heavy atom. The molecule has 1 atom stereocenters. The number of aryl methyl sites for hydroxylation is 1. The molecule has 0 aromatic heterocycles. The molecule has 0 radical (unpaired) electrons. The van der Waals surface area contributed by atoms with Gasteiger partial charge in [-0.15, -0.1) is 0 Å². The SMILES string of the molecule is NC(c1cc(F)cc(Br)c1)c1ccc2c(c1)CCCO2. The van der Waals surface area contributed by atoms with Crippen LogP contribution in [-0.4, -0.2) is 6.61 Å². The molecule has 2 aromatic rings. The van der Waals surface area contributed by atoms with Crippen LogP contribution < -0.4 is 10.5 Å². The highest BCUT2D eigenvalue weighted by Gasteiger charge is 2.15. The first kappa shape index (κ1) is 13.6. The van der Waals surface area contributed by atoms with Crippen molar-refractivity contribution in [2.45, 2.75) is 18.9 Å². The summed E-state index contributed by atoms with van der Waals surface area (Å²) in [6.45, 7) is 0.773. The molecule has 104 valence electrons. The summed E-state index contributed by atoms with van der Waals surface area (Å²) in [4.78, 5) is 0. The van der Waals surface area contributed by atoms with Crippen molar-refractivity contribution in [1.82, 2.24) is 0 Å². The Balaban J connectivity index is 1.95. The molecule has 0 saturated heterocycles. The second kappa shape index (κ2) is 5.54. The maximum atomic E-state index is 13.5. The molecule has 2 aromatic carbocycles. The van der Waals surface area contributed by atoms with Crippen LogP contribution >= 0.6 is 15.9 Å². The zero-order chi connectivity index (χ0) is 14.1. The van der Waals surface area contributed by atoms with Gasteiger partial charge in [0.2, 0.25) is 0 Å². The van der Waals surface area contributed by atoms with Crippen LogP contribution in [0.25, 0.3) is 0 Å². The van der Waals surface area contributed by atoms with Gasteiger partial charge in [-0.1, -0.05) is 28.1 Å². The number of fused-ring (bicyclic) bond motifs is 1. The first-order chi connectivity index (χ1) is 9.63. The minimum Gasteiger partial charge on any atom is -0.493 e. The van der Waals surface area contributed by atoms with Crippen molar-refractivity contribution < 1.29 is 9.13 Å². The fourth-order valence-corrected chi connectivity index (χ4v) is 3.00. The second-order valence-corrected chi connectivity index (χ2v) is 5.92. The Labute approximate surface area is 125 Å². The highest BCUT2D eigenvalue weighted by atomic mass is 79.9. The molecule has 3 rings (SSSR count). The van der Waals surface area contributed by atoms with Crippen LogP contribution in [-0.2, 0) is 6.42 Å². The lowest BCUT2D eigenvalue weighted by atomic mass is 9.95. The van der Waals surface area contributed by atoms with Crippen molar-refractivity contribution >= 4 is 15.9 Å². The molecule has 4 heteroatoms. The van der Waals surface area contributed by atoms with E-state index in [0.29, 0.717) is 4.47 Å². The number of hydrogen-bond donors (Lipinski definition) is 1. The summed E-state index contributed by atoms with van der Waals surface area (Å²) in [7, 11) is 0. The molecule has 0 fully saturated rings. The Hall–Kier alpha value is -1.39. The standard InChI is InChI=1S/C16H15BrFNO/c17-13-7-12(8-14(18)9-13)16(19)11-3-4-15-10(6-11)2-1-5-20-15/h3-4,6-9,16H,1-2,5,19H2. The third-order valence-corrected chi connectivity index (χ3v) is 3.99. The maximum Gasteiger partial charge on any atom is 0.124 e. The van der Waals surface area contributed by atoms with E-state index in [1.165, 1.54) is 17.7 Å². The van der Waals surface area contributed by atoms with Gasteiger partial charge >= 0.3 is 0 Å². The topological polar surface area (TPSA) is 35.2 Å². The van der Waals surface area contributed by atoms with E-state index in [9.17, 15) is 4.39 Å². The molecule has 1 aliphatic rings. The van der Waals surface area contributed by atoms with Gasteiger partial charge in [-0.05, 0) is 53.8 Å². The number of benzene rings is 2. The molecule has 1 unspecified atom stereocenters. The van der Waals surface area contributed by atoms with E-state index >= 15 is 0 Å². The van der Waals surface area contributed by atoms with E-state index in [4.69, 9.17) is 10.5 Å². The van der Waals surface area contributed by atoms with Gasteiger partial charge in [0.15, 0.2) is 0 Å². The highest BCUT2D eigenvalue weighted by molar-refractivity contribution is 9.10. The first-order valence-electron chi connectivity index (χ1n) is 6.61. The average molecular weight is 336 g/mol. The smallest absolute Gasteiger partial charge is 0.124 e. The Morgan fingerprint density at radius 3 is 2.80 bits per heavy atom. The van der Waals surface area contributed by atoms with E-state index in [0.717, 1.165) is 36.3 Å². The van der Waals surface area contributed by atoms with Crippen LogP contribution in [0.15, 0.2) is 40.9 Å². The molecule has 0 amide bonds. The number of hydrogen-bond acceptors (Lipinski definition) is 2. The number of rotatable bonds is 2. The van der Waals surface area contributed by atoms with Crippen LogP contribution in [0, 0.1) is 5.82 Å². The van der Waals surface area contributed by atoms with E-state index in [1.807, 2.05) is 18.2 Å². The summed E-state index contributed by atoms with van der Waals surface area (Å²) in [6.07, 6.45) is 2.03. The van der Waals surface area contributed by atoms with Crippen LogP contribution in [0.4, 0.5) is 4.39 Å². The molecule has 0 aliphatic carbocycles. The van der Waals surface area contributed by atoms with E-state index in [-0.39, 0.29) is 11.9 Å². The van der Waals surface area contributed by atoms with Crippen molar-refractivity contribution in [2.24, 2.45) is 5.73 Å². The average Bonchev–Trinajstić information content (AvgIpc) is 2.45. The Morgan fingerprint density at radius 1 is 1.15 bits per heavy atom. The summed E-state index contributed by atoms with van der Waals surface area (Å²) in [6, 6.07) is 10.4. The molecule has 2 N–H and O–H groups in total. The predicted octanol–water partition coefficient (Wildman–Crippen LogP) is 3.96. The molecule has 0 spiro atoms. The zero-order valence-electron chi connectivity index (χ0n) is 10.9. The second-order valence-electron chi connectivity index (χ2n) is 5.00. The van der Waals surface area contributed by atoms with Gasteiger partial charge in [0.25, 0.3) is 0 Å². The fourth-order valence-electron chi connectivity index (χ4n) is 2.52. The minimum absolute atomic E-state index is 0.286. The summed E-state index contributed by atoms with van der Waals surface area (Å²) >= 11 is 3.30. The van der Waals surface area contributed by atoms with Crippen LogP contribution in [0.3, 0.4) is 0 Å². The zero-order valence-corrected chi connectivity index (χ0v) is 12.5. The normalized spacial score (nSPS) is 15.3. The lowest BCUT2D eigenvalue weighted by molar-refractivity contribution is 0.288. The van der Waals surface area contributed by atoms with Gasteiger partial charge in [-0.25, -0.2) is 4.39 Å². The Bertz CT molecular complexity index is 624. The van der Waals surface area contributed by atoms with Gasteiger partial charge in [0, 0.05) is 4.47 Å². The molecule has 1 heterocycles. The van der Waals surface area contributed by atoms with E-state index in [2.05, 4.69) is 22.0 Å². The van der Waals surface area contributed by atoms with Crippen molar-refractivity contribution in [3.05, 3.63) is 63.4 Å². The summed E-state index contributed by atoms with van der Waals surface area (Å²) in [5, 5.41) is 0. The summed E-state index contributed by atoms with van der Waals surface area (Å²) < 4.78 is 19.8. The van der Waals surface area contributed by atoms with Gasteiger partial charge in [-0.2, -0.15) is 0 Å². The quantitative estimate of drug-likeness (QED) is 0.901. The number of halogens is 2. The highest BCUT2D eigenvalue weighted by Crippen LogP contribution is 2.30. The largest absolute Gasteiger partial charge is 0.493 e. The van der Waals surface area contributed by atoms with Crippen LogP contribution in [0.5, 0.6) is 5.75 Å². The van der Waals surface area contributed by atoms with Gasteiger partial charge in [-0.3, -0.25) is 0 Å². The summed E-state index contributed by atoms with van der Waals surface area (Å²) in [5.74, 6) is 0.652. The summed E-state index contributed by atoms with van der Waals surface area (Å²) in [5.41, 5.74) is 9.18. The van der Waals surface area contributed by atoms with Crippen LogP contribution in [0.1, 0.15) is 29.2 Å². The molecule has 0 saturated carbocycles. The lowest BCUT2D eigenvalue weighted by Gasteiger charge is -2.20. The molecular weight excluding hydrogens is 321 g/mol. The third kappa shape index (κ3) is 2.72.